The van der Waals surface area contributed by atoms with Crippen LogP contribution in [0.3, 0.4) is 0 Å². The van der Waals surface area contributed by atoms with Crippen LogP contribution in [0.1, 0.15) is 46.8 Å². The number of aromatic nitrogens is 6. The van der Waals surface area contributed by atoms with Crippen LogP contribution in [0, 0.1) is 13.8 Å². The number of rotatable bonds is 5. The molecule has 4 heterocycles. The number of H-pyrrole nitrogens is 1. The highest BCUT2D eigenvalue weighted by Gasteiger charge is 2.23. The Balaban J connectivity index is 0.000000265. The van der Waals surface area contributed by atoms with Gasteiger partial charge < -0.3 is 25.2 Å². The molecule has 256 valence electrons. The van der Waals surface area contributed by atoms with Crippen LogP contribution in [-0.2, 0) is 4.74 Å². The number of aryl methyl sites for hydroxylation is 2. The van der Waals surface area contributed by atoms with Gasteiger partial charge in [0, 0.05) is 35.9 Å². The number of phenols is 2. The van der Waals surface area contributed by atoms with Crippen molar-refractivity contribution in [3.05, 3.63) is 84.2 Å². The van der Waals surface area contributed by atoms with Gasteiger partial charge in [0.15, 0.2) is 10.9 Å². The van der Waals surface area contributed by atoms with Gasteiger partial charge in [-0.15, -0.1) is 0 Å². The Morgan fingerprint density at radius 1 is 0.857 bits per heavy atom. The molecule has 0 saturated heterocycles. The second kappa shape index (κ2) is 15.5. The third-order valence-electron chi connectivity index (χ3n) is 6.48. The summed E-state index contributed by atoms with van der Waals surface area (Å²) in [7, 11) is 0. The maximum atomic E-state index is 11.8. The summed E-state index contributed by atoms with van der Waals surface area (Å²) < 4.78 is 15.7. The number of amides is 1. The topological polar surface area (TPSA) is 210 Å². The fourth-order valence-corrected chi connectivity index (χ4v) is 4.30. The van der Waals surface area contributed by atoms with Gasteiger partial charge in [-0.25, -0.2) is 14.3 Å². The number of pyridine rings is 2. The number of aromatic hydroxyl groups is 2. The minimum absolute atomic E-state index is 0. The molecule has 0 spiro atoms. The van der Waals surface area contributed by atoms with E-state index in [1.807, 2.05) is 38.1 Å². The Hall–Kier alpha value is -6.31. The molecule has 6 aromatic rings. The molecule has 14 nitrogen and oxygen atoms in total. The number of carbonyl (C=O) groups excluding carboxylic acids is 1. The Bertz CT molecular complexity index is 2030. The second-order valence-corrected chi connectivity index (χ2v) is 11.4. The van der Waals surface area contributed by atoms with Crippen molar-refractivity contribution in [1.29, 1.82) is 0 Å². The quantitative estimate of drug-likeness (QED) is 0.134. The van der Waals surface area contributed by atoms with Crippen molar-refractivity contribution in [2.45, 2.75) is 55.1 Å². The molecule has 0 aliphatic carbocycles. The molecule has 1 amide bonds. The molecular weight excluding hydrogens is 628 g/mol. The third-order valence-corrected chi connectivity index (χ3v) is 6.48. The van der Waals surface area contributed by atoms with Crippen LogP contribution in [0.15, 0.2) is 82.1 Å². The summed E-state index contributed by atoms with van der Waals surface area (Å²) in [6.45, 7) is 9.13. The molecule has 14 heteroatoms. The van der Waals surface area contributed by atoms with E-state index >= 15 is 0 Å². The van der Waals surface area contributed by atoms with Gasteiger partial charge >= 0.3 is 17.8 Å². The van der Waals surface area contributed by atoms with Crippen molar-refractivity contribution in [2.24, 2.45) is 0 Å². The molecule has 0 unspecified atom stereocenters. The van der Waals surface area contributed by atoms with Crippen molar-refractivity contribution in [3.8, 4) is 57.4 Å². The number of nitrogens with one attached hydrogen (secondary N) is 2. The number of hydrogen-bond acceptors (Lipinski definition) is 12. The van der Waals surface area contributed by atoms with E-state index in [1.54, 1.807) is 57.4 Å². The van der Waals surface area contributed by atoms with E-state index in [1.165, 1.54) is 12.1 Å². The first-order chi connectivity index (χ1) is 22.4. The van der Waals surface area contributed by atoms with Gasteiger partial charge in [-0.3, -0.25) is 10.3 Å². The Morgan fingerprint density at radius 2 is 1.49 bits per heavy atom. The van der Waals surface area contributed by atoms with E-state index in [-0.39, 0.29) is 32.2 Å². The largest absolute Gasteiger partial charge is 0.507 e. The lowest BCUT2D eigenvalue weighted by Gasteiger charge is -2.19. The summed E-state index contributed by atoms with van der Waals surface area (Å²) >= 11 is 0. The van der Waals surface area contributed by atoms with Crippen LogP contribution in [0.4, 0.5) is 16.2 Å². The van der Waals surface area contributed by atoms with Crippen molar-refractivity contribution in [2.75, 3.05) is 11.1 Å². The number of nitrogens with zero attached hydrogens (tertiary/aromatic N) is 5. The van der Waals surface area contributed by atoms with Gasteiger partial charge in [0.25, 0.3) is 5.89 Å². The molecule has 6 N–H and O–H groups in total. The van der Waals surface area contributed by atoms with Crippen molar-refractivity contribution in [3.63, 3.8) is 0 Å². The lowest BCUT2D eigenvalue weighted by atomic mass is 10.1. The fourth-order valence-electron chi connectivity index (χ4n) is 4.30. The van der Waals surface area contributed by atoms with Gasteiger partial charge in [0.05, 0.1) is 5.56 Å². The number of ether oxygens (including phenoxy) is 1. The number of benzene rings is 2. The number of nitrogens with two attached hydrogens (primary N) is 1. The highest BCUT2D eigenvalue weighted by molar-refractivity contribution is 5.86. The maximum absolute atomic E-state index is 11.8. The van der Waals surface area contributed by atoms with Crippen LogP contribution in [0.25, 0.3) is 45.9 Å². The van der Waals surface area contributed by atoms with E-state index < -0.39 is 11.7 Å². The summed E-state index contributed by atoms with van der Waals surface area (Å²) in [6.07, 6.45) is 2.72. The van der Waals surface area contributed by atoms with Crippen molar-refractivity contribution < 1.29 is 33.8 Å². The van der Waals surface area contributed by atoms with Crippen LogP contribution < -0.4 is 16.0 Å². The minimum atomic E-state index is -0.615. The molecule has 0 fully saturated rings. The van der Waals surface area contributed by atoms with E-state index in [9.17, 15) is 15.0 Å². The number of anilines is 2. The van der Waals surface area contributed by atoms with Crippen LogP contribution in [-0.4, -0.2) is 47.2 Å². The van der Waals surface area contributed by atoms with E-state index in [4.69, 9.17) is 19.5 Å². The van der Waals surface area contributed by atoms with Crippen LogP contribution in [0.5, 0.6) is 11.5 Å². The molecule has 0 radical (unpaired) electrons. The van der Waals surface area contributed by atoms with Gasteiger partial charge in [-0.05, 0) is 82.1 Å². The Morgan fingerprint density at radius 3 is 2.10 bits per heavy atom. The summed E-state index contributed by atoms with van der Waals surface area (Å²) in [6, 6.07) is 16.9. The van der Waals surface area contributed by atoms with Gasteiger partial charge in [-0.1, -0.05) is 32.1 Å². The first kappa shape index (κ1) is 37.2. The molecule has 0 saturated carbocycles. The summed E-state index contributed by atoms with van der Waals surface area (Å²) in [5, 5.41) is 30.6. The lowest BCUT2D eigenvalue weighted by molar-refractivity contribution is -0.357. The normalized spacial score (nSPS) is 10.6. The standard InChI is InChI=1S/C19H20N4O4.C14H12N4O2.2CH4/c1-11-6-5-9-20-15(11)16-22-17(27-23-16)13-8-7-12(10-14(13)24)21-18(25)26-19(2,3)4;1-8-3-2-6-16-12(8)13-17-14(20-18-13)10-5-4-9(15)7-11(10)19;;/h5-10,24H,1-4H3,(H,21,25);2-7,19H,15H2,1H3;2*1H4/p+1. The number of aromatic amines is 1. The number of nitrogen functional groups attached to an aromatic ring is 1. The highest BCUT2D eigenvalue weighted by Crippen LogP contribution is 2.32. The monoisotopic (exact) mass is 669 g/mol. The van der Waals surface area contributed by atoms with Gasteiger partial charge in [0.2, 0.25) is 5.82 Å². The number of hydrogen-bond donors (Lipinski definition) is 4. The molecule has 4 aromatic heterocycles. The SMILES string of the molecule is C.C.Cc1cccnc1-c1noc(-c2ccc(N)cc2O)[nH+]1.Cc1cccnc1-c1noc(-c2ccc(NC(=O)OC(C)(C)C)cc2O)n1. The molecule has 2 aromatic carbocycles. The molecule has 6 rings (SSSR count). The fraction of sp³-hybridized carbons (Fsp3) is 0.229. The predicted molar refractivity (Wildman–Crippen MR) is 185 cm³/mol. The van der Waals surface area contributed by atoms with Crippen LogP contribution >= 0.6 is 0 Å². The van der Waals surface area contributed by atoms with Crippen LogP contribution in [0.2, 0.25) is 0 Å². The predicted octanol–water partition coefficient (Wildman–Crippen LogP) is 7.25. The third kappa shape index (κ3) is 9.16. The molecular formula is C35H41N8O6+. The van der Waals surface area contributed by atoms with E-state index in [0.717, 1.165) is 11.1 Å². The zero-order valence-corrected chi connectivity index (χ0v) is 26.3. The Labute approximate surface area is 284 Å². The summed E-state index contributed by atoms with van der Waals surface area (Å²) in [5.41, 5.74) is 9.87. The first-order valence-electron chi connectivity index (χ1n) is 14.4. The molecule has 0 aliphatic rings. The minimum Gasteiger partial charge on any atom is -0.507 e. The maximum Gasteiger partial charge on any atom is 0.412 e. The average molecular weight is 670 g/mol. The first-order valence-corrected chi connectivity index (χ1v) is 14.4. The molecule has 49 heavy (non-hydrogen) atoms. The van der Waals surface area contributed by atoms with Gasteiger partial charge in [-0.2, -0.15) is 9.97 Å². The second-order valence-electron chi connectivity index (χ2n) is 11.4. The Kier molecular flexibility index (Phi) is 11.8. The highest BCUT2D eigenvalue weighted by atomic mass is 16.6. The number of phenolic OH excluding ortho intramolecular Hbond substituents is 2. The molecule has 0 atom stereocenters. The smallest absolute Gasteiger partial charge is 0.412 e. The van der Waals surface area contributed by atoms with Crippen molar-refractivity contribution >= 4 is 17.5 Å². The van der Waals surface area contributed by atoms with Crippen molar-refractivity contribution in [1.82, 2.24) is 25.3 Å². The zero-order valence-electron chi connectivity index (χ0n) is 26.3. The van der Waals surface area contributed by atoms with E-state index in [2.05, 4.69) is 35.6 Å². The molecule has 0 bridgehead atoms. The number of carbonyl (C=O) groups is 1. The summed E-state index contributed by atoms with van der Waals surface area (Å²) in [4.78, 5) is 27.6. The molecule has 0 aliphatic heterocycles. The van der Waals surface area contributed by atoms with E-state index in [0.29, 0.717) is 51.4 Å². The zero-order chi connectivity index (χ0) is 33.7. The lowest BCUT2D eigenvalue weighted by Crippen LogP contribution is -2.27. The summed E-state index contributed by atoms with van der Waals surface area (Å²) in [5.74, 6) is 1.25. The average Bonchev–Trinajstić information content (AvgIpc) is 3.68. The van der Waals surface area contributed by atoms with Gasteiger partial charge in [0.1, 0.15) is 28.4 Å².